The highest BCUT2D eigenvalue weighted by Gasteiger charge is 2.17. The monoisotopic (exact) mass is 237 g/mol. The predicted octanol–water partition coefficient (Wildman–Crippen LogP) is 2.69. The number of aryl methyl sites for hydroxylation is 1. The van der Waals surface area contributed by atoms with Crippen molar-refractivity contribution in [1.82, 2.24) is 5.32 Å². The first kappa shape index (κ1) is 14.0. The molecule has 2 atom stereocenters. The summed E-state index contributed by atoms with van der Waals surface area (Å²) < 4.78 is 10.7. The topological polar surface area (TPSA) is 30.5 Å². The van der Waals surface area contributed by atoms with Crippen LogP contribution in [0.1, 0.15) is 30.5 Å². The third-order valence-corrected chi connectivity index (χ3v) is 3.08. The summed E-state index contributed by atoms with van der Waals surface area (Å²) in [6.45, 7) is 4.17. The molecule has 0 saturated heterocycles. The maximum absolute atomic E-state index is 5.42. The second-order valence-corrected chi connectivity index (χ2v) is 4.37. The summed E-state index contributed by atoms with van der Waals surface area (Å²) in [5.74, 6) is 0.929. The Morgan fingerprint density at radius 2 is 2.00 bits per heavy atom. The van der Waals surface area contributed by atoms with Gasteiger partial charge in [0, 0.05) is 18.7 Å². The van der Waals surface area contributed by atoms with Crippen molar-refractivity contribution < 1.29 is 9.47 Å². The molecular weight excluding hydrogens is 214 g/mol. The molecule has 0 saturated carbocycles. The number of rotatable bonds is 6. The molecule has 0 radical (unpaired) electrons. The van der Waals surface area contributed by atoms with Crippen molar-refractivity contribution >= 4 is 0 Å². The lowest BCUT2D eigenvalue weighted by atomic mass is 9.98. The van der Waals surface area contributed by atoms with Crippen molar-refractivity contribution in [2.75, 3.05) is 21.3 Å². The maximum atomic E-state index is 5.42. The molecular formula is C14H23NO2. The molecule has 1 N–H and O–H groups in total. The van der Waals surface area contributed by atoms with Crippen molar-refractivity contribution in [2.24, 2.45) is 0 Å². The van der Waals surface area contributed by atoms with Crippen LogP contribution in [0.4, 0.5) is 0 Å². The molecule has 0 aliphatic rings. The first-order valence-electron chi connectivity index (χ1n) is 5.97. The average Bonchev–Trinajstić information content (AvgIpc) is 2.35. The fraction of sp³-hybridized carbons (Fsp3) is 0.571. The third kappa shape index (κ3) is 3.72. The minimum Gasteiger partial charge on any atom is -0.496 e. The summed E-state index contributed by atoms with van der Waals surface area (Å²) in [6.07, 6.45) is 1.14. The van der Waals surface area contributed by atoms with Gasteiger partial charge in [0.25, 0.3) is 0 Å². The number of methoxy groups -OCH3 is 2. The van der Waals surface area contributed by atoms with Crippen molar-refractivity contribution in [1.29, 1.82) is 0 Å². The van der Waals surface area contributed by atoms with Crippen LogP contribution in [0.3, 0.4) is 0 Å². The Bertz CT molecular complexity index is 352. The van der Waals surface area contributed by atoms with Gasteiger partial charge in [0.15, 0.2) is 0 Å². The van der Waals surface area contributed by atoms with E-state index in [9.17, 15) is 0 Å². The zero-order valence-corrected chi connectivity index (χ0v) is 11.4. The van der Waals surface area contributed by atoms with E-state index in [0.29, 0.717) is 0 Å². The van der Waals surface area contributed by atoms with Gasteiger partial charge in [0.1, 0.15) is 5.75 Å². The van der Waals surface area contributed by atoms with E-state index in [1.807, 2.05) is 13.1 Å². The second kappa shape index (κ2) is 6.62. The van der Waals surface area contributed by atoms with Gasteiger partial charge in [-0.1, -0.05) is 17.7 Å². The number of benzene rings is 1. The Kier molecular flexibility index (Phi) is 5.45. The van der Waals surface area contributed by atoms with Gasteiger partial charge in [0.2, 0.25) is 0 Å². The first-order chi connectivity index (χ1) is 8.12. The molecule has 0 aliphatic carbocycles. The van der Waals surface area contributed by atoms with Gasteiger partial charge in [-0.2, -0.15) is 0 Å². The highest BCUT2D eigenvalue weighted by Crippen LogP contribution is 2.29. The van der Waals surface area contributed by atoms with Crippen molar-refractivity contribution in [3.8, 4) is 5.75 Å². The van der Waals surface area contributed by atoms with Crippen LogP contribution < -0.4 is 10.1 Å². The molecule has 0 aliphatic heterocycles. The predicted molar refractivity (Wildman–Crippen MR) is 70.6 cm³/mol. The quantitative estimate of drug-likeness (QED) is 0.825. The second-order valence-electron chi connectivity index (χ2n) is 4.37. The van der Waals surface area contributed by atoms with E-state index in [-0.39, 0.29) is 12.1 Å². The molecule has 96 valence electrons. The van der Waals surface area contributed by atoms with Gasteiger partial charge in [-0.05, 0) is 33.4 Å². The smallest absolute Gasteiger partial charge is 0.123 e. The highest BCUT2D eigenvalue weighted by molar-refractivity contribution is 5.39. The van der Waals surface area contributed by atoms with Gasteiger partial charge in [-0.25, -0.2) is 0 Å². The normalized spacial score (nSPS) is 14.4. The van der Waals surface area contributed by atoms with Gasteiger partial charge >= 0.3 is 0 Å². The van der Waals surface area contributed by atoms with E-state index < -0.39 is 0 Å². The zero-order chi connectivity index (χ0) is 12.8. The van der Waals surface area contributed by atoms with Gasteiger partial charge in [-0.3, -0.25) is 0 Å². The average molecular weight is 237 g/mol. The van der Waals surface area contributed by atoms with Crippen LogP contribution in [-0.4, -0.2) is 27.4 Å². The van der Waals surface area contributed by atoms with Crippen molar-refractivity contribution in [3.63, 3.8) is 0 Å². The van der Waals surface area contributed by atoms with Crippen molar-refractivity contribution in [2.45, 2.75) is 32.4 Å². The summed E-state index contributed by atoms with van der Waals surface area (Å²) in [5.41, 5.74) is 2.44. The molecule has 3 nitrogen and oxygen atoms in total. The Morgan fingerprint density at radius 1 is 1.29 bits per heavy atom. The van der Waals surface area contributed by atoms with Crippen LogP contribution in [-0.2, 0) is 4.74 Å². The number of hydrogen-bond acceptors (Lipinski definition) is 3. The number of ether oxygens (including phenoxy) is 2. The van der Waals surface area contributed by atoms with Crippen LogP contribution in [0.2, 0.25) is 0 Å². The van der Waals surface area contributed by atoms with E-state index in [2.05, 4.69) is 31.3 Å². The van der Waals surface area contributed by atoms with Crippen LogP contribution in [0.15, 0.2) is 18.2 Å². The van der Waals surface area contributed by atoms with Crippen LogP contribution >= 0.6 is 0 Å². The molecule has 3 heteroatoms. The first-order valence-corrected chi connectivity index (χ1v) is 5.97. The standard InChI is InChI=1S/C14H23NO2/c1-10-6-7-14(17-5)12(8-10)13(15-3)9-11(2)16-4/h6-8,11,13,15H,9H2,1-5H3. The van der Waals surface area contributed by atoms with E-state index in [1.54, 1.807) is 14.2 Å². The summed E-state index contributed by atoms with van der Waals surface area (Å²) in [7, 11) is 5.42. The van der Waals surface area contributed by atoms with E-state index in [0.717, 1.165) is 12.2 Å². The minimum absolute atomic E-state index is 0.220. The fourth-order valence-electron chi connectivity index (χ4n) is 1.95. The molecule has 0 aromatic heterocycles. The Balaban J connectivity index is 2.97. The van der Waals surface area contributed by atoms with Crippen LogP contribution in [0.5, 0.6) is 5.75 Å². The van der Waals surface area contributed by atoms with Gasteiger partial charge in [0.05, 0.1) is 13.2 Å². The molecule has 1 rings (SSSR count). The number of hydrogen-bond donors (Lipinski definition) is 1. The molecule has 1 aromatic carbocycles. The summed E-state index contributed by atoms with van der Waals surface area (Å²) >= 11 is 0. The highest BCUT2D eigenvalue weighted by atomic mass is 16.5. The van der Waals surface area contributed by atoms with Gasteiger partial charge in [-0.15, -0.1) is 0 Å². The third-order valence-electron chi connectivity index (χ3n) is 3.08. The molecule has 17 heavy (non-hydrogen) atoms. The molecule has 0 spiro atoms. The lowest BCUT2D eigenvalue weighted by molar-refractivity contribution is 0.101. The summed E-state index contributed by atoms with van der Waals surface area (Å²) in [6, 6.07) is 6.50. The summed E-state index contributed by atoms with van der Waals surface area (Å²) in [4.78, 5) is 0. The van der Waals surface area contributed by atoms with Crippen LogP contribution in [0.25, 0.3) is 0 Å². The Morgan fingerprint density at radius 3 is 2.53 bits per heavy atom. The fourth-order valence-corrected chi connectivity index (χ4v) is 1.95. The zero-order valence-electron chi connectivity index (χ0n) is 11.4. The molecule has 0 heterocycles. The lowest BCUT2D eigenvalue weighted by Crippen LogP contribution is -2.22. The van der Waals surface area contributed by atoms with E-state index >= 15 is 0 Å². The largest absolute Gasteiger partial charge is 0.496 e. The molecule has 0 bridgehead atoms. The summed E-state index contributed by atoms with van der Waals surface area (Å²) in [5, 5.41) is 3.33. The van der Waals surface area contributed by atoms with E-state index in [1.165, 1.54) is 11.1 Å². The van der Waals surface area contributed by atoms with Crippen molar-refractivity contribution in [3.05, 3.63) is 29.3 Å². The minimum atomic E-state index is 0.220. The molecule has 0 fully saturated rings. The maximum Gasteiger partial charge on any atom is 0.123 e. The van der Waals surface area contributed by atoms with E-state index in [4.69, 9.17) is 9.47 Å². The number of nitrogens with one attached hydrogen (secondary N) is 1. The Labute approximate surface area is 104 Å². The molecule has 0 amide bonds. The molecule has 2 unspecified atom stereocenters. The van der Waals surface area contributed by atoms with Gasteiger partial charge < -0.3 is 14.8 Å². The Hall–Kier alpha value is -1.06. The SMILES string of the molecule is CNC(CC(C)OC)c1cc(C)ccc1OC. The van der Waals surface area contributed by atoms with Crippen LogP contribution in [0, 0.1) is 6.92 Å². The molecule has 1 aromatic rings. The lowest BCUT2D eigenvalue weighted by Gasteiger charge is -2.22.